The molecule has 4 aliphatic carbocycles. The highest BCUT2D eigenvalue weighted by Gasteiger charge is 2.63. The van der Waals surface area contributed by atoms with Crippen molar-refractivity contribution in [3.8, 4) is 12.3 Å². The van der Waals surface area contributed by atoms with Crippen LogP contribution >= 0.6 is 11.8 Å². The second-order valence-corrected chi connectivity index (χ2v) is 12.6. The lowest BCUT2D eigenvalue weighted by Gasteiger charge is -2.58. The zero-order chi connectivity index (χ0) is 26.1. The lowest BCUT2D eigenvalue weighted by atomic mass is 9.46. The highest BCUT2D eigenvalue weighted by molar-refractivity contribution is 7.98. The Hall–Kier alpha value is -1.98. The van der Waals surface area contributed by atoms with Gasteiger partial charge in [0.05, 0.1) is 5.71 Å². The predicted molar refractivity (Wildman–Crippen MR) is 141 cm³/mol. The van der Waals surface area contributed by atoms with E-state index in [9.17, 15) is 19.8 Å². The van der Waals surface area contributed by atoms with Gasteiger partial charge in [0.25, 0.3) is 5.91 Å². The van der Waals surface area contributed by atoms with Crippen LogP contribution in [0.1, 0.15) is 71.6 Å². The number of nitrogens with one attached hydrogen (secondary N) is 1. The van der Waals surface area contributed by atoms with Crippen molar-refractivity contribution in [1.82, 2.24) is 5.32 Å². The molecule has 36 heavy (non-hydrogen) atoms. The average molecular weight is 517 g/mol. The Bertz CT molecular complexity index is 989. The number of nitrogens with zero attached hydrogens (tertiary/aromatic N) is 1. The van der Waals surface area contributed by atoms with E-state index < -0.39 is 23.5 Å². The zero-order valence-corrected chi connectivity index (χ0v) is 22.5. The maximum Gasteiger partial charge on any atom is 0.326 e. The fraction of sp³-hybridized carbons (Fsp3) is 0.750. The smallest absolute Gasteiger partial charge is 0.326 e. The molecule has 3 fully saturated rings. The van der Waals surface area contributed by atoms with E-state index in [1.165, 1.54) is 17.3 Å². The van der Waals surface area contributed by atoms with Crippen LogP contribution in [0.2, 0.25) is 0 Å². The van der Waals surface area contributed by atoms with Crippen molar-refractivity contribution in [2.75, 3.05) is 18.6 Å². The molecule has 0 spiro atoms. The maximum atomic E-state index is 12.2. The number of rotatable bonds is 8. The molecular weight excluding hydrogens is 476 g/mol. The van der Waals surface area contributed by atoms with E-state index in [2.05, 4.69) is 36.3 Å². The number of aliphatic hydroxyl groups is 1. The molecule has 3 saturated carbocycles. The fourth-order valence-corrected chi connectivity index (χ4v) is 8.27. The molecular formula is C28H40N2O5S. The van der Waals surface area contributed by atoms with Gasteiger partial charge >= 0.3 is 5.97 Å². The zero-order valence-electron chi connectivity index (χ0n) is 21.7. The van der Waals surface area contributed by atoms with E-state index in [0.717, 1.165) is 50.7 Å². The molecule has 7 atom stereocenters. The first-order valence-corrected chi connectivity index (χ1v) is 14.6. The van der Waals surface area contributed by atoms with Crippen LogP contribution in [0.15, 0.2) is 16.8 Å². The highest BCUT2D eigenvalue weighted by atomic mass is 32.2. The number of oxime groups is 1. The lowest BCUT2D eigenvalue weighted by molar-refractivity contribution is -0.142. The topological polar surface area (TPSA) is 108 Å². The molecule has 0 aliphatic heterocycles. The second-order valence-electron chi connectivity index (χ2n) is 11.6. The third kappa shape index (κ3) is 4.69. The summed E-state index contributed by atoms with van der Waals surface area (Å²) in [7, 11) is 0. The summed E-state index contributed by atoms with van der Waals surface area (Å²) in [5.74, 6) is 3.53. The van der Waals surface area contributed by atoms with Crippen molar-refractivity contribution in [2.45, 2.75) is 83.3 Å². The molecule has 0 bridgehead atoms. The normalized spacial score (nSPS) is 39.1. The summed E-state index contributed by atoms with van der Waals surface area (Å²) in [4.78, 5) is 28.8. The first-order chi connectivity index (χ1) is 17.1. The number of amides is 1. The quantitative estimate of drug-likeness (QED) is 0.332. The molecule has 0 radical (unpaired) electrons. The fourth-order valence-electron chi connectivity index (χ4n) is 7.80. The molecule has 3 N–H and O–H groups in total. The number of allylic oxidation sites excluding steroid dienone is 2. The molecule has 198 valence electrons. The number of hydrogen-bond acceptors (Lipinski definition) is 6. The van der Waals surface area contributed by atoms with E-state index in [0.29, 0.717) is 36.3 Å². The van der Waals surface area contributed by atoms with E-state index in [1.807, 2.05) is 6.26 Å². The van der Waals surface area contributed by atoms with Crippen molar-refractivity contribution >= 4 is 29.4 Å². The minimum absolute atomic E-state index is 0.115. The Balaban J connectivity index is 1.38. The monoisotopic (exact) mass is 516 g/mol. The molecule has 8 heteroatoms. The standard InChI is InChI=1S/C28H40N2O5S/c1-5-28(34)14-10-22-20-7-6-18-16-19(8-12-26(18,2)21(20)9-13-27(22,28)3)30-35-17-24(31)29-23(25(32)33)11-15-36-4/h1,16,20-23,34H,6-15,17H2,2-4H3,(H,29,31)(H,32,33)/b30-19-/t20-,21+,22+,23-,26+,27+,28-/m1/s1. The van der Waals surface area contributed by atoms with Gasteiger partial charge in [-0.2, -0.15) is 11.8 Å². The lowest BCUT2D eigenvalue weighted by Crippen LogP contribution is -2.54. The molecule has 4 rings (SSSR count). The number of carboxylic acids is 1. The van der Waals surface area contributed by atoms with Crippen LogP contribution in [-0.4, -0.2) is 58.1 Å². The van der Waals surface area contributed by atoms with Gasteiger partial charge in [-0.05, 0) is 99.0 Å². The Morgan fingerprint density at radius 1 is 1.25 bits per heavy atom. The number of carboxylic acid groups (broad SMARTS) is 1. The highest BCUT2D eigenvalue weighted by Crippen LogP contribution is 2.67. The summed E-state index contributed by atoms with van der Waals surface area (Å²) in [6, 6.07) is -0.914. The number of fused-ring (bicyclic) bond motifs is 5. The Labute approximate surface area is 218 Å². The first kappa shape index (κ1) is 27.1. The largest absolute Gasteiger partial charge is 0.480 e. The minimum Gasteiger partial charge on any atom is -0.480 e. The Kier molecular flexibility index (Phi) is 7.83. The molecule has 0 unspecified atom stereocenters. The molecule has 0 aromatic rings. The van der Waals surface area contributed by atoms with E-state index in [1.54, 1.807) is 0 Å². The van der Waals surface area contributed by atoms with Crippen molar-refractivity contribution in [3.63, 3.8) is 0 Å². The van der Waals surface area contributed by atoms with Gasteiger partial charge in [0.1, 0.15) is 11.6 Å². The summed E-state index contributed by atoms with van der Waals surface area (Å²) in [5.41, 5.74) is 1.21. The third-order valence-electron chi connectivity index (χ3n) is 9.99. The predicted octanol–water partition coefficient (Wildman–Crippen LogP) is 4.01. The van der Waals surface area contributed by atoms with Gasteiger partial charge in [0, 0.05) is 5.41 Å². The van der Waals surface area contributed by atoms with Crippen LogP contribution in [0.3, 0.4) is 0 Å². The van der Waals surface area contributed by atoms with E-state index in [4.69, 9.17) is 11.3 Å². The van der Waals surface area contributed by atoms with Crippen molar-refractivity contribution in [3.05, 3.63) is 11.6 Å². The van der Waals surface area contributed by atoms with Gasteiger partial charge in [0.15, 0.2) is 6.61 Å². The van der Waals surface area contributed by atoms with Crippen LogP contribution in [-0.2, 0) is 14.4 Å². The molecule has 0 aromatic heterocycles. The number of thioether (sulfide) groups is 1. The minimum atomic E-state index is -1.04. The Morgan fingerprint density at radius 2 is 2.00 bits per heavy atom. The summed E-state index contributed by atoms with van der Waals surface area (Å²) in [5, 5.41) is 27.2. The van der Waals surface area contributed by atoms with Gasteiger partial charge < -0.3 is 20.4 Å². The maximum absolute atomic E-state index is 12.2. The van der Waals surface area contributed by atoms with E-state index in [-0.39, 0.29) is 17.4 Å². The van der Waals surface area contributed by atoms with Gasteiger partial charge in [-0.15, -0.1) is 6.42 Å². The first-order valence-electron chi connectivity index (χ1n) is 13.2. The van der Waals surface area contributed by atoms with Crippen LogP contribution in [0.4, 0.5) is 0 Å². The second kappa shape index (κ2) is 10.4. The SMILES string of the molecule is C#C[C@@]1(O)CC[C@H]2[C@@H]3CCC4=C/C(=N\OCC(=O)N[C@H](CCSC)C(=O)O)CC[C@]4(C)[C@H]3CC[C@@]21C. The number of hydrogen-bond donors (Lipinski definition) is 3. The Morgan fingerprint density at radius 3 is 2.69 bits per heavy atom. The van der Waals surface area contributed by atoms with Crippen molar-refractivity contribution in [2.24, 2.45) is 33.7 Å². The summed E-state index contributed by atoms with van der Waals surface area (Å²) in [6.07, 6.45) is 17.9. The summed E-state index contributed by atoms with van der Waals surface area (Å²) >= 11 is 1.54. The summed E-state index contributed by atoms with van der Waals surface area (Å²) in [6.45, 7) is 4.32. The summed E-state index contributed by atoms with van der Waals surface area (Å²) < 4.78 is 0. The van der Waals surface area contributed by atoms with Gasteiger partial charge in [-0.3, -0.25) is 4.79 Å². The van der Waals surface area contributed by atoms with Gasteiger partial charge in [0.2, 0.25) is 0 Å². The molecule has 0 aromatic carbocycles. The van der Waals surface area contributed by atoms with Crippen LogP contribution in [0.25, 0.3) is 0 Å². The molecule has 7 nitrogen and oxygen atoms in total. The van der Waals surface area contributed by atoms with Crippen molar-refractivity contribution in [1.29, 1.82) is 0 Å². The van der Waals surface area contributed by atoms with Gasteiger partial charge in [-0.25, -0.2) is 4.79 Å². The molecule has 0 saturated heterocycles. The number of carbonyl (C=O) groups is 2. The number of terminal acetylenes is 1. The van der Waals surface area contributed by atoms with Crippen LogP contribution in [0.5, 0.6) is 0 Å². The van der Waals surface area contributed by atoms with Crippen LogP contribution in [0, 0.1) is 40.9 Å². The number of aliphatic carboxylic acids is 1. The van der Waals surface area contributed by atoms with Gasteiger partial charge in [-0.1, -0.05) is 30.5 Å². The number of carbonyl (C=O) groups excluding carboxylic acids is 1. The van der Waals surface area contributed by atoms with E-state index >= 15 is 0 Å². The molecule has 0 heterocycles. The third-order valence-corrected chi connectivity index (χ3v) is 10.6. The van der Waals surface area contributed by atoms with Crippen LogP contribution < -0.4 is 5.32 Å². The van der Waals surface area contributed by atoms with Crippen molar-refractivity contribution < 1.29 is 24.6 Å². The molecule has 4 aliphatic rings. The molecule has 1 amide bonds. The average Bonchev–Trinajstić information content (AvgIpc) is 3.12.